The number of carbonyl (C=O) groups excluding carboxylic acids is 1. The predicted octanol–water partition coefficient (Wildman–Crippen LogP) is -0.134. The minimum atomic E-state index is -0.0592. The van der Waals surface area contributed by atoms with E-state index in [0.717, 1.165) is 17.8 Å². The lowest BCUT2D eigenvalue weighted by Crippen LogP contribution is -2.30. The first kappa shape index (κ1) is 10.2. The molecule has 2 atom stereocenters. The number of hydrogen-bond acceptors (Lipinski definition) is 3. The molecule has 2 unspecified atom stereocenters. The maximum atomic E-state index is 11.9. The van der Waals surface area contributed by atoms with Crippen molar-refractivity contribution >= 4 is 5.91 Å². The van der Waals surface area contributed by atoms with Gasteiger partial charge in [-0.2, -0.15) is 5.10 Å². The highest BCUT2D eigenvalue weighted by Gasteiger charge is 2.35. The first-order valence-electron chi connectivity index (χ1n) is 5.07. The molecule has 1 heterocycles. The number of hydrogen-bond donors (Lipinski definition) is 2. The Labute approximate surface area is 88.6 Å². The maximum absolute atomic E-state index is 11.9. The zero-order valence-electron chi connectivity index (χ0n) is 9.24. The Morgan fingerprint density at radius 1 is 1.60 bits per heavy atom. The summed E-state index contributed by atoms with van der Waals surface area (Å²) < 4.78 is 1.72. The zero-order chi connectivity index (χ0) is 11.2. The molecule has 3 N–H and O–H groups in total. The van der Waals surface area contributed by atoms with Crippen LogP contribution in [0.1, 0.15) is 28.2 Å². The van der Waals surface area contributed by atoms with Gasteiger partial charge in [0.1, 0.15) is 0 Å². The summed E-state index contributed by atoms with van der Waals surface area (Å²) in [5.74, 6) is -0.0592. The lowest BCUT2D eigenvalue weighted by atomic mass is 10.2. The van der Waals surface area contributed by atoms with E-state index < -0.39 is 0 Å². The third-order valence-electron chi connectivity index (χ3n) is 2.89. The molecule has 82 valence electrons. The fourth-order valence-corrected chi connectivity index (χ4v) is 1.72. The molecule has 1 aliphatic rings. The summed E-state index contributed by atoms with van der Waals surface area (Å²) in [6, 6.07) is 0.280. The highest BCUT2D eigenvalue weighted by molar-refractivity contribution is 5.96. The second-order valence-corrected chi connectivity index (χ2v) is 4.15. The molecule has 0 spiro atoms. The van der Waals surface area contributed by atoms with Gasteiger partial charge < -0.3 is 11.1 Å². The van der Waals surface area contributed by atoms with Crippen LogP contribution in [0, 0.1) is 13.8 Å². The molecule has 2 rings (SSSR count). The van der Waals surface area contributed by atoms with Crippen molar-refractivity contribution in [3.63, 3.8) is 0 Å². The molecule has 1 saturated carbocycles. The van der Waals surface area contributed by atoms with Gasteiger partial charge in [-0.15, -0.1) is 0 Å². The van der Waals surface area contributed by atoms with E-state index >= 15 is 0 Å². The molecule has 0 radical (unpaired) electrons. The number of nitrogens with zero attached hydrogens (tertiary/aromatic N) is 2. The van der Waals surface area contributed by atoms with Crippen LogP contribution >= 0.6 is 0 Å². The average Bonchev–Trinajstić information content (AvgIpc) is 2.73. The topological polar surface area (TPSA) is 72.9 Å². The van der Waals surface area contributed by atoms with E-state index in [1.165, 1.54) is 0 Å². The van der Waals surface area contributed by atoms with E-state index in [2.05, 4.69) is 10.4 Å². The Morgan fingerprint density at radius 2 is 2.20 bits per heavy atom. The normalized spacial score (nSPS) is 24.0. The molecular formula is C10H16N4O. The van der Waals surface area contributed by atoms with Crippen molar-refractivity contribution in [2.45, 2.75) is 32.4 Å². The lowest BCUT2D eigenvalue weighted by Gasteiger charge is -2.03. The van der Waals surface area contributed by atoms with E-state index in [-0.39, 0.29) is 18.0 Å². The molecule has 0 aliphatic heterocycles. The zero-order valence-corrected chi connectivity index (χ0v) is 9.24. The highest BCUT2D eigenvalue weighted by atomic mass is 16.1. The first-order valence-corrected chi connectivity index (χ1v) is 5.07. The fraction of sp³-hybridized carbons (Fsp3) is 0.600. The van der Waals surface area contributed by atoms with Crippen LogP contribution in [0.15, 0.2) is 0 Å². The lowest BCUT2D eigenvalue weighted by molar-refractivity contribution is 0.0949. The Morgan fingerprint density at radius 3 is 2.60 bits per heavy atom. The number of rotatable bonds is 2. The van der Waals surface area contributed by atoms with Crippen LogP contribution in [0.2, 0.25) is 0 Å². The second kappa shape index (κ2) is 3.34. The molecule has 1 aromatic heterocycles. The summed E-state index contributed by atoms with van der Waals surface area (Å²) in [4.78, 5) is 11.9. The number of aromatic nitrogens is 2. The largest absolute Gasteiger partial charge is 0.348 e. The van der Waals surface area contributed by atoms with Crippen LogP contribution in [0.25, 0.3) is 0 Å². The van der Waals surface area contributed by atoms with Gasteiger partial charge in [-0.25, -0.2) is 0 Å². The van der Waals surface area contributed by atoms with Crippen LogP contribution in [0.5, 0.6) is 0 Å². The summed E-state index contributed by atoms with van der Waals surface area (Å²) in [5.41, 5.74) is 7.97. The maximum Gasteiger partial charge on any atom is 0.255 e. The van der Waals surface area contributed by atoms with Gasteiger partial charge in [0, 0.05) is 24.8 Å². The van der Waals surface area contributed by atoms with E-state index in [1.807, 2.05) is 20.9 Å². The summed E-state index contributed by atoms with van der Waals surface area (Å²) in [6.07, 6.45) is 0.879. The summed E-state index contributed by atoms with van der Waals surface area (Å²) in [7, 11) is 1.84. The number of nitrogens with one attached hydrogen (secondary N) is 1. The summed E-state index contributed by atoms with van der Waals surface area (Å²) in [6.45, 7) is 3.73. The highest BCUT2D eigenvalue weighted by Crippen LogP contribution is 2.20. The van der Waals surface area contributed by atoms with Gasteiger partial charge in [0.15, 0.2) is 0 Å². The van der Waals surface area contributed by atoms with Crippen LogP contribution in [-0.2, 0) is 7.05 Å². The minimum Gasteiger partial charge on any atom is -0.348 e. The molecule has 5 heteroatoms. The van der Waals surface area contributed by atoms with Gasteiger partial charge in [0.2, 0.25) is 0 Å². The molecule has 0 aromatic carbocycles. The van der Waals surface area contributed by atoms with Crippen molar-refractivity contribution < 1.29 is 4.79 Å². The predicted molar refractivity (Wildman–Crippen MR) is 56.5 cm³/mol. The quantitative estimate of drug-likeness (QED) is 0.711. The number of amides is 1. The van der Waals surface area contributed by atoms with Crippen LogP contribution in [0.3, 0.4) is 0 Å². The van der Waals surface area contributed by atoms with Crippen molar-refractivity contribution in [2.24, 2.45) is 12.8 Å². The standard InChI is InChI=1S/C10H16N4O/c1-5-9(6(2)14(3)13-5)10(15)12-8-4-7(8)11/h7-8H,4,11H2,1-3H3,(H,12,15). The van der Waals surface area contributed by atoms with Crippen molar-refractivity contribution in [1.82, 2.24) is 15.1 Å². The number of nitrogens with two attached hydrogens (primary N) is 1. The fourth-order valence-electron chi connectivity index (χ4n) is 1.72. The average molecular weight is 208 g/mol. The third-order valence-corrected chi connectivity index (χ3v) is 2.89. The molecule has 0 saturated heterocycles. The summed E-state index contributed by atoms with van der Waals surface area (Å²) >= 11 is 0. The molecule has 1 aliphatic carbocycles. The van der Waals surface area contributed by atoms with Crippen LogP contribution in [-0.4, -0.2) is 27.8 Å². The SMILES string of the molecule is Cc1nn(C)c(C)c1C(=O)NC1CC1N. The Kier molecular flexibility index (Phi) is 2.26. The molecule has 15 heavy (non-hydrogen) atoms. The Hall–Kier alpha value is -1.36. The third kappa shape index (κ3) is 1.74. The van der Waals surface area contributed by atoms with Crippen molar-refractivity contribution in [1.29, 1.82) is 0 Å². The van der Waals surface area contributed by atoms with Gasteiger partial charge >= 0.3 is 0 Å². The second-order valence-electron chi connectivity index (χ2n) is 4.15. The van der Waals surface area contributed by atoms with Crippen molar-refractivity contribution in [2.75, 3.05) is 0 Å². The van der Waals surface area contributed by atoms with E-state index in [0.29, 0.717) is 5.56 Å². The molecule has 0 bridgehead atoms. The Bertz CT molecular complexity index is 410. The van der Waals surface area contributed by atoms with Crippen molar-refractivity contribution in [3.8, 4) is 0 Å². The number of carbonyl (C=O) groups is 1. The van der Waals surface area contributed by atoms with E-state index in [9.17, 15) is 4.79 Å². The van der Waals surface area contributed by atoms with Crippen molar-refractivity contribution in [3.05, 3.63) is 17.0 Å². The van der Waals surface area contributed by atoms with E-state index in [4.69, 9.17) is 5.73 Å². The van der Waals surface area contributed by atoms with Gasteiger partial charge in [-0.1, -0.05) is 0 Å². The first-order chi connectivity index (χ1) is 7.00. The molecule has 1 aromatic rings. The molecule has 5 nitrogen and oxygen atoms in total. The molecular weight excluding hydrogens is 192 g/mol. The number of aryl methyl sites for hydroxylation is 2. The summed E-state index contributed by atoms with van der Waals surface area (Å²) in [5, 5.41) is 7.10. The molecule has 1 fully saturated rings. The molecule has 1 amide bonds. The smallest absolute Gasteiger partial charge is 0.255 e. The monoisotopic (exact) mass is 208 g/mol. The van der Waals surface area contributed by atoms with E-state index in [1.54, 1.807) is 4.68 Å². The van der Waals surface area contributed by atoms with Gasteiger partial charge in [0.05, 0.1) is 11.3 Å². The van der Waals surface area contributed by atoms with Crippen LogP contribution in [0.4, 0.5) is 0 Å². The van der Waals surface area contributed by atoms with Gasteiger partial charge in [-0.05, 0) is 20.3 Å². The van der Waals surface area contributed by atoms with Gasteiger partial charge in [0.25, 0.3) is 5.91 Å². The minimum absolute atomic E-state index is 0.0592. The Balaban J connectivity index is 2.17. The van der Waals surface area contributed by atoms with Gasteiger partial charge in [-0.3, -0.25) is 9.48 Å². The van der Waals surface area contributed by atoms with Crippen LogP contribution < -0.4 is 11.1 Å².